The molecule has 1 amide bonds. The smallest absolute Gasteiger partial charge is 0.253 e. The van der Waals surface area contributed by atoms with E-state index in [-0.39, 0.29) is 11.8 Å². The third-order valence-corrected chi connectivity index (χ3v) is 4.47. The van der Waals surface area contributed by atoms with E-state index in [4.69, 9.17) is 0 Å². The van der Waals surface area contributed by atoms with Crippen LogP contribution in [-0.2, 0) is 4.79 Å². The van der Waals surface area contributed by atoms with Crippen LogP contribution in [0.5, 0.6) is 0 Å². The highest BCUT2D eigenvalue weighted by molar-refractivity contribution is 8.00. The molecule has 22 heavy (non-hydrogen) atoms. The molecule has 0 saturated heterocycles. The zero-order valence-corrected chi connectivity index (χ0v) is 13.8. The summed E-state index contributed by atoms with van der Waals surface area (Å²) in [5.74, 6) is 0.285. The standard InChI is InChI=1S/C14H18N6OS/c1-9(2)14(4,8-15)18-11(21)10(3)22-13-17-12-16-6-5-7-20(12)19-13/h5-7,9-10H,1-4H3,(H,18,21)/t10-,14+/m1/s1. The van der Waals surface area contributed by atoms with E-state index in [0.29, 0.717) is 10.9 Å². The maximum atomic E-state index is 12.3. The number of fused-ring (bicyclic) bond motifs is 1. The van der Waals surface area contributed by atoms with Gasteiger partial charge in [0, 0.05) is 12.4 Å². The van der Waals surface area contributed by atoms with E-state index in [9.17, 15) is 10.1 Å². The summed E-state index contributed by atoms with van der Waals surface area (Å²) in [6.45, 7) is 7.28. The Morgan fingerprint density at radius 2 is 2.23 bits per heavy atom. The Morgan fingerprint density at radius 3 is 2.82 bits per heavy atom. The SMILES string of the molecule is CC(C)[C@](C)(C#N)NC(=O)[C@@H](C)Sc1nc2ncccn2n1. The summed E-state index contributed by atoms with van der Waals surface area (Å²) in [7, 11) is 0. The van der Waals surface area contributed by atoms with E-state index < -0.39 is 10.8 Å². The molecule has 116 valence electrons. The maximum absolute atomic E-state index is 12.3. The lowest BCUT2D eigenvalue weighted by Crippen LogP contribution is -2.51. The summed E-state index contributed by atoms with van der Waals surface area (Å²) >= 11 is 1.24. The van der Waals surface area contributed by atoms with E-state index in [1.807, 2.05) is 13.8 Å². The molecule has 1 N–H and O–H groups in total. The first-order chi connectivity index (χ1) is 10.4. The predicted octanol–water partition coefficient (Wildman–Crippen LogP) is 1.66. The second kappa shape index (κ2) is 6.32. The molecule has 0 unspecified atom stereocenters. The number of carbonyl (C=O) groups excluding carboxylic acids is 1. The Hall–Kier alpha value is -2.14. The van der Waals surface area contributed by atoms with Crippen molar-refractivity contribution in [1.82, 2.24) is 24.9 Å². The fourth-order valence-electron chi connectivity index (χ4n) is 1.63. The Balaban J connectivity index is 2.07. The van der Waals surface area contributed by atoms with Crippen LogP contribution < -0.4 is 5.32 Å². The van der Waals surface area contributed by atoms with Crippen LogP contribution in [0.2, 0.25) is 0 Å². The lowest BCUT2D eigenvalue weighted by atomic mass is 9.90. The van der Waals surface area contributed by atoms with Crippen LogP contribution in [0.25, 0.3) is 5.78 Å². The number of hydrogen-bond donors (Lipinski definition) is 1. The zero-order chi connectivity index (χ0) is 16.3. The van der Waals surface area contributed by atoms with Crippen molar-refractivity contribution in [2.75, 3.05) is 0 Å². The first kappa shape index (κ1) is 16.2. The Bertz CT molecular complexity index is 688. The number of aromatic nitrogens is 4. The van der Waals surface area contributed by atoms with Gasteiger partial charge in [0.2, 0.25) is 11.1 Å². The van der Waals surface area contributed by atoms with Gasteiger partial charge in [0.05, 0.1) is 11.3 Å². The number of amides is 1. The molecule has 0 aliphatic heterocycles. The number of thioether (sulfide) groups is 1. The second-order valence-corrected chi connectivity index (χ2v) is 6.78. The van der Waals surface area contributed by atoms with E-state index >= 15 is 0 Å². The first-order valence-corrected chi connectivity index (χ1v) is 7.81. The molecule has 0 aliphatic carbocycles. The lowest BCUT2D eigenvalue weighted by molar-refractivity contribution is -0.121. The first-order valence-electron chi connectivity index (χ1n) is 6.93. The van der Waals surface area contributed by atoms with Crippen molar-refractivity contribution in [3.63, 3.8) is 0 Å². The van der Waals surface area contributed by atoms with Gasteiger partial charge in [-0.25, -0.2) is 9.50 Å². The van der Waals surface area contributed by atoms with Gasteiger partial charge >= 0.3 is 0 Å². The van der Waals surface area contributed by atoms with Crippen molar-refractivity contribution in [3.05, 3.63) is 18.5 Å². The van der Waals surface area contributed by atoms with Gasteiger partial charge in [-0.05, 0) is 25.8 Å². The molecule has 2 heterocycles. The molecule has 2 aromatic rings. The lowest BCUT2D eigenvalue weighted by Gasteiger charge is -2.28. The van der Waals surface area contributed by atoms with E-state index in [2.05, 4.69) is 26.5 Å². The average molecular weight is 318 g/mol. The highest BCUT2D eigenvalue weighted by Crippen LogP contribution is 2.22. The number of rotatable bonds is 5. The van der Waals surface area contributed by atoms with Crippen molar-refractivity contribution < 1.29 is 4.79 Å². The second-order valence-electron chi connectivity index (χ2n) is 5.48. The monoisotopic (exact) mass is 318 g/mol. The molecule has 7 nitrogen and oxygen atoms in total. The average Bonchev–Trinajstić information content (AvgIpc) is 2.88. The summed E-state index contributed by atoms with van der Waals surface area (Å²) in [4.78, 5) is 20.6. The van der Waals surface area contributed by atoms with Crippen LogP contribution >= 0.6 is 11.8 Å². The van der Waals surface area contributed by atoms with Crippen molar-refractivity contribution in [2.24, 2.45) is 5.92 Å². The zero-order valence-electron chi connectivity index (χ0n) is 12.9. The number of hydrogen-bond acceptors (Lipinski definition) is 6. The fraction of sp³-hybridized carbons (Fsp3) is 0.500. The van der Waals surface area contributed by atoms with E-state index in [1.54, 1.807) is 36.8 Å². The quantitative estimate of drug-likeness (QED) is 0.842. The minimum atomic E-state index is -0.889. The number of nitriles is 1. The predicted molar refractivity (Wildman–Crippen MR) is 83.1 cm³/mol. The number of carbonyl (C=O) groups is 1. The molecule has 0 bridgehead atoms. The van der Waals surface area contributed by atoms with Crippen molar-refractivity contribution in [1.29, 1.82) is 5.26 Å². The van der Waals surface area contributed by atoms with Gasteiger partial charge in [-0.15, -0.1) is 5.10 Å². The summed E-state index contributed by atoms with van der Waals surface area (Å²) in [6.07, 6.45) is 3.38. The van der Waals surface area contributed by atoms with Crippen molar-refractivity contribution in [3.8, 4) is 6.07 Å². The maximum Gasteiger partial charge on any atom is 0.253 e. The topological polar surface area (TPSA) is 96.0 Å². The fourth-order valence-corrected chi connectivity index (χ4v) is 2.39. The largest absolute Gasteiger partial charge is 0.337 e. The molecular formula is C14H18N6OS. The molecule has 8 heteroatoms. The third kappa shape index (κ3) is 3.36. The highest BCUT2D eigenvalue weighted by Gasteiger charge is 2.32. The molecule has 2 aromatic heterocycles. The van der Waals surface area contributed by atoms with Gasteiger partial charge in [-0.3, -0.25) is 4.79 Å². The summed E-state index contributed by atoms with van der Waals surface area (Å²) in [6, 6.07) is 3.92. The van der Waals surface area contributed by atoms with Gasteiger partial charge in [0.15, 0.2) is 0 Å². The Kier molecular flexibility index (Phi) is 4.66. The van der Waals surface area contributed by atoms with Crippen LogP contribution in [0.4, 0.5) is 0 Å². The van der Waals surface area contributed by atoms with Crippen molar-refractivity contribution >= 4 is 23.4 Å². The molecule has 0 saturated carbocycles. The molecule has 0 fully saturated rings. The molecule has 0 spiro atoms. The normalized spacial score (nSPS) is 15.3. The van der Waals surface area contributed by atoms with Gasteiger partial charge in [0.25, 0.3) is 5.78 Å². The molecular weight excluding hydrogens is 300 g/mol. The molecule has 0 radical (unpaired) electrons. The van der Waals surface area contributed by atoms with Gasteiger partial charge in [0.1, 0.15) is 5.54 Å². The van der Waals surface area contributed by atoms with Crippen LogP contribution in [0.1, 0.15) is 27.7 Å². The van der Waals surface area contributed by atoms with Gasteiger partial charge < -0.3 is 5.32 Å². The molecule has 2 rings (SSSR count). The summed E-state index contributed by atoms with van der Waals surface area (Å²) in [5.41, 5.74) is -0.889. The van der Waals surface area contributed by atoms with Crippen LogP contribution in [0, 0.1) is 17.2 Å². The third-order valence-electron chi connectivity index (χ3n) is 3.52. The minimum absolute atomic E-state index is 0.0103. The molecule has 0 aromatic carbocycles. The Morgan fingerprint density at radius 1 is 1.50 bits per heavy atom. The van der Waals surface area contributed by atoms with Crippen LogP contribution in [-0.4, -0.2) is 36.3 Å². The molecule has 0 aliphatic rings. The Labute approximate surface area is 133 Å². The van der Waals surface area contributed by atoms with Gasteiger partial charge in [-0.1, -0.05) is 25.6 Å². The number of nitrogens with zero attached hydrogens (tertiary/aromatic N) is 5. The van der Waals surface area contributed by atoms with Gasteiger partial charge in [-0.2, -0.15) is 10.2 Å². The summed E-state index contributed by atoms with van der Waals surface area (Å²) in [5, 5.41) is 16.4. The van der Waals surface area contributed by atoms with E-state index in [0.717, 1.165) is 0 Å². The van der Waals surface area contributed by atoms with E-state index in [1.165, 1.54) is 11.8 Å². The highest BCUT2D eigenvalue weighted by atomic mass is 32.2. The van der Waals surface area contributed by atoms with Crippen LogP contribution in [0.3, 0.4) is 0 Å². The minimum Gasteiger partial charge on any atom is -0.337 e. The number of nitrogens with one attached hydrogen (secondary N) is 1. The van der Waals surface area contributed by atoms with Crippen LogP contribution in [0.15, 0.2) is 23.6 Å². The molecule has 2 atom stereocenters. The van der Waals surface area contributed by atoms with Crippen molar-refractivity contribution in [2.45, 2.75) is 43.6 Å². The summed E-state index contributed by atoms with van der Waals surface area (Å²) < 4.78 is 1.56.